The SMILES string of the molecule is CCCCCCCCCCc1ccc2cccc3c4c(N)ccc5cccc(c1c23)c54. The number of rotatable bonds is 9. The average molecular weight is 408 g/mol. The Hall–Kier alpha value is -2.80. The lowest BCUT2D eigenvalue weighted by molar-refractivity contribution is 0.576. The Morgan fingerprint density at radius 1 is 0.548 bits per heavy atom. The highest BCUT2D eigenvalue weighted by Crippen LogP contribution is 2.43. The van der Waals surface area contributed by atoms with Crippen LogP contribution in [0.25, 0.3) is 43.1 Å². The van der Waals surface area contributed by atoms with Crippen LogP contribution in [-0.2, 0) is 6.42 Å². The van der Waals surface area contributed by atoms with Gasteiger partial charge in [0.25, 0.3) is 0 Å². The van der Waals surface area contributed by atoms with Gasteiger partial charge in [-0.3, -0.25) is 0 Å². The van der Waals surface area contributed by atoms with Crippen molar-refractivity contribution in [1.29, 1.82) is 0 Å². The molecule has 0 aliphatic heterocycles. The number of nitrogens with two attached hydrogens (primary N) is 1. The van der Waals surface area contributed by atoms with Crippen molar-refractivity contribution in [2.45, 2.75) is 64.7 Å². The first kappa shape index (κ1) is 20.1. The Morgan fingerprint density at radius 2 is 1.13 bits per heavy atom. The van der Waals surface area contributed by atoms with Gasteiger partial charge in [0.15, 0.2) is 0 Å². The number of fused-ring (bicyclic) bond motifs is 2. The lowest BCUT2D eigenvalue weighted by Gasteiger charge is -2.18. The van der Waals surface area contributed by atoms with Gasteiger partial charge in [-0.1, -0.05) is 106 Å². The maximum Gasteiger partial charge on any atom is 0.0400 e. The zero-order chi connectivity index (χ0) is 21.2. The number of nitrogen functional groups attached to an aromatic ring is 1. The van der Waals surface area contributed by atoms with E-state index in [1.165, 1.54) is 100 Å². The Labute approximate surface area is 185 Å². The molecule has 0 fully saturated rings. The first-order chi connectivity index (χ1) is 15.3. The highest BCUT2D eigenvalue weighted by molar-refractivity contribution is 6.35. The van der Waals surface area contributed by atoms with E-state index < -0.39 is 0 Å². The molecule has 5 aromatic rings. The molecular weight excluding hydrogens is 374 g/mol. The first-order valence-electron chi connectivity index (χ1n) is 12.2. The second-order valence-corrected chi connectivity index (χ2v) is 9.16. The van der Waals surface area contributed by atoms with E-state index in [1.807, 2.05) is 0 Å². The number of benzene rings is 5. The van der Waals surface area contributed by atoms with E-state index in [2.05, 4.69) is 67.6 Å². The molecule has 1 nitrogen and oxygen atoms in total. The largest absolute Gasteiger partial charge is 0.398 e. The topological polar surface area (TPSA) is 26.0 Å². The molecule has 0 amide bonds. The van der Waals surface area contributed by atoms with E-state index in [4.69, 9.17) is 5.73 Å². The molecule has 0 aliphatic rings. The number of unbranched alkanes of at least 4 members (excludes halogenated alkanes) is 7. The van der Waals surface area contributed by atoms with Crippen LogP contribution in [0, 0.1) is 0 Å². The van der Waals surface area contributed by atoms with Gasteiger partial charge < -0.3 is 5.73 Å². The fourth-order valence-electron chi connectivity index (χ4n) is 5.49. The van der Waals surface area contributed by atoms with E-state index >= 15 is 0 Å². The van der Waals surface area contributed by atoms with E-state index in [0.717, 1.165) is 12.1 Å². The van der Waals surface area contributed by atoms with Gasteiger partial charge in [-0.15, -0.1) is 0 Å². The molecule has 0 saturated carbocycles. The summed E-state index contributed by atoms with van der Waals surface area (Å²) in [6, 6.07) is 22.3. The lowest BCUT2D eigenvalue weighted by Crippen LogP contribution is -1.95. The van der Waals surface area contributed by atoms with Crippen LogP contribution in [0.5, 0.6) is 0 Å². The summed E-state index contributed by atoms with van der Waals surface area (Å²) < 4.78 is 0. The van der Waals surface area contributed by atoms with Crippen LogP contribution in [0.3, 0.4) is 0 Å². The van der Waals surface area contributed by atoms with Crippen LogP contribution in [0.15, 0.2) is 60.7 Å². The molecule has 31 heavy (non-hydrogen) atoms. The van der Waals surface area contributed by atoms with Crippen LogP contribution in [0.4, 0.5) is 5.69 Å². The van der Waals surface area contributed by atoms with Crippen molar-refractivity contribution in [3.05, 3.63) is 66.2 Å². The van der Waals surface area contributed by atoms with Crippen LogP contribution in [-0.4, -0.2) is 0 Å². The van der Waals surface area contributed by atoms with E-state index in [1.54, 1.807) is 0 Å². The number of anilines is 1. The fraction of sp³-hybridized carbons (Fsp3) is 0.333. The van der Waals surface area contributed by atoms with Crippen LogP contribution < -0.4 is 5.73 Å². The van der Waals surface area contributed by atoms with Gasteiger partial charge >= 0.3 is 0 Å². The number of hydrogen-bond acceptors (Lipinski definition) is 1. The summed E-state index contributed by atoms with van der Waals surface area (Å²) in [7, 11) is 0. The first-order valence-corrected chi connectivity index (χ1v) is 12.2. The summed E-state index contributed by atoms with van der Waals surface area (Å²) in [6.45, 7) is 2.29. The van der Waals surface area contributed by atoms with Crippen molar-refractivity contribution in [2.24, 2.45) is 0 Å². The minimum Gasteiger partial charge on any atom is -0.398 e. The van der Waals surface area contributed by atoms with E-state index in [-0.39, 0.29) is 0 Å². The highest BCUT2D eigenvalue weighted by Gasteiger charge is 2.16. The van der Waals surface area contributed by atoms with E-state index in [9.17, 15) is 0 Å². The number of hydrogen-bond donors (Lipinski definition) is 1. The van der Waals surface area contributed by atoms with Gasteiger partial charge in [-0.25, -0.2) is 0 Å². The Bertz CT molecular complexity index is 1330. The van der Waals surface area contributed by atoms with Crippen molar-refractivity contribution >= 4 is 48.8 Å². The average Bonchev–Trinajstić information content (AvgIpc) is 2.80. The smallest absolute Gasteiger partial charge is 0.0400 e. The minimum atomic E-state index is 0.881. The zero-order valence-electron chi connectivity index (χ0n) is 18.7. The van der Waals surface area contributed by atoms with Crippen LogP contribution in [0.1, 0.15) is 63.9 Å². The predicted molar refractivity (Wildman–Crippen MR) is 138 cm³/mol. The maximum atomic E-state index is 6.53. The Morgan fingerprint density at radius 3 is 1.84 bits per heavy atom. The third kappa shape index (κ3) is 3.61. The Kier molecular flexibility index (Phi) is 5.68. The van der Waals surface area contributed by atoms with Gasteiger partial charge in [0, 0.05) is 11.1 Å². The van der Waals surface area contributed by atoms with Crippen LogP contribution >= 0.6 is 0 Å². The molecule has 5 aromatic carbocycles. The third-order valence-corrected chi connectivity index (χ3v) is 7.05. The molecule has 0 atom stereocenters. The predicted octanol–water partition coefficient (Wildman–Crippen LogP) is 9.00. The molecule has 0 unspecified atom stereocenters. The molecule has 0 heterocycles. The third-order valence-electron chi connectivity index (χ3n) is 7.05. The molecular formula is C30H33N. The zero-order valence-corrected chi connectivity index (χ0v) is 18.7. The van der Waals surface area contributed by atoms with Gasteiger partial charge in [-0.05, 0) is 62.2 Å². The normalized spacial score (nSPS) is 12.0. The molecule has 0 saturated heterocycles. The van der Waals surface area contributed by atoms with Gasteiger partial charge in [-0.2, -0.15) is 0 Å². The van der Waals surface area contributed by atoms with Gasteiger partial charge in [0.05, 0.1) is 0 Å². The molecule has 0 aromatic heterocycles. The van der Waals surface area contributed by atoms with Crippen molar-refractivity contribution in [2.75, 3.05) is 5.73 Å². The summed E-state index contributed by atoms with van der Waals surface area (Å²) in [5.41, 5.74) is 8.90. The molecule has 0 spiro atoms. The van der Waals surface area contributed by atoms with Crippen LogP contribution in [0.2, 0.25) is 0 Å². The lowest BCUT2D eigenvalue weighted by atomic mass is 9.86. The van der Waals surface area contributed by atoms with Crippen molar-refractivity contribution in [1.82, 2.24) is 0 Å². The molecule has 0 bridgehead atoms. The molecule has 158 valence electrons. The van der Waals surface area contributed by atoms with Crippen molar-refractivity contribution < 1.29 is 0 Å². The standard InChI is InChI=1S/C30H33N/c1-2-3-4-5-6-7-8-9-12-21-17-18-22-13-11-16-25-28(22)27(21)24-15-10-14-23-19-20-26(31)30(25)29(23)24/h10-11,13-20H,2-9,12,31H2,1H3. The van der Waals surface area contributed by atoms with Gasteiger partial charge in [0.1, 0.15) is 0 Å². The second kappa shape index (κ2) is 8.75. The molecule has 5 rings (SSSR count). The summed E-state index contributed by atoms with van der Waals surface area (Å²) in [4.78, 5) is 0. The Balaban J connectivity index is 1.55. The number of aryl methyl sites for hydroxylation is 1. The van der Waals surface area contributed by atoms with Crippen molar-refractivity contribution in [3.63, 3.8) is 0 Å². The second-order valence-electron chi connectivity index (χ2n) is 9.16. The molecule has 0 aliphatic carbocycles. The monoisotopic (exact) mass is 407 g/mol. The maximum absolute atomic E-state index is 6.53. The molecule has 2 N–H and O–H groups in total. The van der Waals surface area contributed by atoms with Crippen molar-refractivity contribution in [3.8, 4) is 0 Å². The summed E-state index contributed by atoms with van der Waals surface area (Å²) in [5.74, 6) is 0. The molecule has 0 radical (unpaired) electrons. The fourth-order valence-corrected chi connectivity index (χ4v) is 5.49. The minimum absolute atomic E-state index is 0.881. The van der Waals surface area contributed by atoms with E-state index in [0.29, 0.717) is 0 Å². The summed E-state index contributed by atoms with van der Waals surface area (Å²) in [6.07, 6.45) is 12.0. The highest BCUT2D eigenvalue weighted by atomic mass is 14.6. The quantitative estimate of drug-likeness (QED) is 0.112. The molecule has 1 heteroatoms. The van der Waals surface area contributed by atoms with Gasteiger partial charge in [0.2, 0.25) is 0 Å². The summed E-state index contributed by atoms with van der Waals surface area (Å²) >= 11 is 0. The summed E-state index contributed by atoms with van der Waals surface area (Å²) in [5, 5.41) is 10.6.